The smallest absolute Gasteiger partial charge is 0.323 e. The van der Waals surface area contributed by atoms with Crippen molar-refractivity contribution in [3.8, 4) is 0 Å². The fraction of sp³-hybridized carbons (Fsp3) is 0.438. The van der Waals surface area contributed by atoms with E-state index in [0.717, 1.165) is 24.2 Å². The van der Waals surface area contributed by atoms with Crippen LogP contribution in [0.15, 0.2) is 24.3 Å². The maximum Gasteiger partial charge on any atom is 0.325 e. The summed E-state index contributed by atoms with van der Waals surface area (Å²) in [5, 5.41) is 3.33. The molecule has 1 aliphatic heterocycles. The van der Waals surface area contributed by atoms with Gasteiger partial charge in [0.2, 0.25) is 0 Å². The zero-order valence-electron chi connectivity index (χ0n) is 12.1. The summed E-state index contributed by atoms with van der Waals surface area (Å²) in [6.45, 7) is -0.228. The fourth-order valence-corrected chi connectivity index (χ4v) is 3.31. The number of ketones is 1. The number of hydrogen-bond acceptors (Lipinski definition) is 3. The summed E-state index contributed by atoms with van der Waals surface area (Å²) in [6.07, 6.45) is 4.23. The van der Waals surface area contributed by atoms with Crippen LogP contribution < -0.4 is 5.32 Å². The van der Waals surface area contributed by atoms with E-state index in [1.54, 1.807) is 24.3 Å². The number of amides is 3. The molecule has 0 bridgehead atoms. The summed E-state index contributed by atoms with van der Waals surface area (Å²) in [7, 11) is 0. The number of urea groups is 1. The van der Waals surface area contributed by atoms with Crippen molar-refractivity contribution < 1.29 is 14.4 Å². The molecule has 6 heteroatoms. The molecule has 0 aromatic heterocycles. The Balaban J connectivity index is 1.74. The van der Waals surface area contributed by atoms with Crippen molar-refractivity contribution in [3.63, 3.8) is 0 Å². The predicted octanol–water partition coefficient (Wildman–Crippen LogP) is 2.78. The Labute approximate surface area is 133 Å². The summed E-state index contributed by atoms with van der Waals surface area (Å²) in [6, 6.07) is 5.96. The highest BCUT2D eigenvalue weighted by molar-refractivity contribution is 6.30. The molecule has 1 N–H and O–H groups in total. The summed E-state index contributed by atoms with van der Waals surface area (Å²) in [5.74, 6) is -0.535. The van der Waals surface area contributed by atoms with Gasteiger partial charge in [0.15, 0.2) is 5.78 Å². The van der Waals surface area contributed by atoms with E-state index in [-0.39, 0.29) is 18.2 Å². The van der Waals surface area contributed by atoms with Crippen LogP contribution in [-0.2, 0) is 4.79 Å². The highest BCUT2D eigenvalue weighted by Gasteiger charge is 2.51. The van der Waals surface area contributed by atoms with Crippen LogP contribution in [0.5, 0.6) is 0 Å². The first kappa shape index (κ1) is 15.0. The van der Waals surface area contributed by atoms with Gasteiger partial charge in [-0.15, -0.1) is 0 Å². The lowest BCUT2D eigenvalue weighted by Crippen LogP contribution is -2.48. The zero-order chi connectivity index (χ0) is 15.7. The van der Waals surface area contributed by atoms with E-state index >= 15 is 0 Å². The average molecular weight is 321 g/mol. The minimum absolute atomic E-state index is 0.228. The molecule has 1 spiro atoms. The normalized spacial score (nSPS) is 20.3. The van der Waals surface area contributed by atoms with Crippen LogP contribution in [0.2, 0.25) is 5.02 Å². The molecule has 1 aromatic rings. The van der Waals surface area contributed by atoms with Gasteiger partial charge in [0.25, 0.3) is 5.91 Å². The van der Waals surface area contributed by atoms with Crippen LogP contribution in [0.25, 0.3) is 0 Å². The monoisotopic (exact) mass is 320 g/mol. The van der Waals surface area contributed by atoms with Crippen LogP contribution in [0.4, 0.5) is 4.79 Å². The van der Waals surface area contributed by atoms with Gasteiger partial charge in [-0.2, -0.15) is 0 Å². The minimum atomic E-state index is -0.782. The first-order valence-electron chi connectivity index (χ1n) is 7.45. The number of halogens is 1. The fourth-order valence-electron chi connectivity index (χ4n) is 3.18. The Kier molecular flexibility index (Phi) is 3.91. The van der Waals surface area contributed by atoms with E-state index in [9.17, 15) is 14.4 Å². The Morgan fingerprint density at radius 1 is 1.14 bits per heavy atom. The van der Waals surface area contributed by atoms with Gasteiger partial charge in [0.1, 0.15) is 5.54 Å². The number of carbonyl (C=O) groups excluding carboxylic acids is 3. The van der Waals surface area contributed by atoms with Crippen molar-refractivity contribution in [2.75, 3.05) is 6.54 Å². The van der Waals surface area contributed by atoms with E-state index in [2.05, 4.69) is 5.32 Å². The molecule has 3 rings (SSSR count). The van der Waals surface area contributed by atoms with Crippen LogP contribution in [0.1, 0.15) is 42.5 Å². The van der Waals surface area contributed by atoms with Crippen molar-refractivity contribution in [3.05, 3.63) is 34.9 Å². The Bertz CT molecular complexity index is 621. The Morgan fingerprint density at radius 3 is 2.41 bits per heavy atom. The predicted molar refractivity (Wildman–Crippen MR) is 81.8 cm³/mol. The molecule has 1 heterocycles. The van der Waals surface area contributed by atoms with E-state index in [1.807, 2.05) is 0 Å². The second kappa shape index (κ2) is 5.72. The molecule has 0 unspecified atom stereocenters. The maximum absolute atomic E-state index is 12.6. The second-order valence-electron chi connectivity index (χ2n) is 5.89. The molecule has 2 aliphatic rings. The van der Waals surface area contributed by atoms with Crippen molar-refractivity contribution in [2.24, 2.45) is 0 Å². The first-order valence-corrected chi connectivity index (χ1v) is 7.82. The number of hydrogen-bond donors (Lipinski definition) is 1. The molecule has 116 valence electrons. The summed E-state index contributed by atoms with van der Waals surface area (Å²) < 4.78 is 0. The number of benzene rings is 1. The van der Waals surface area contributed by atoms with Gasteiger partial charge < -0.3 is 5.32 Å². The molecule has 1 aromatic carbocycles. The molecule has 0 radical (unpaired) electrons. The molecule has 22 heavy (non-hydrogen) atoms. The third kappa shape index (κ3) is 2.61. The third-order valence-corrected chi connectivity index (χ3v) is 4.67. The lowest BCUT2D eigenvalue weighted by molar-refractivity contribution is -0.132. The molecule has 0 atom stereocenters. The molecule has 1 saturated carbocycles. The summed E-state index contributed by atoms with van der Waals surface area (Å²) >= 11 is 5.79. The lowest BCUT2D eigenvalue weighted by atomic mass is 9.82. The van der Waals surface area contributed by atoms with Crippen LogP contribution >= 0.6 is 11.6 Å². The van der Waals surface area contributed by atoms with Crippen LogP contribution in [-0.4, -0.2) is 34.7 Å². The molecule has 1 saturated heterocycles. The number of Topliss-reactive ketones (excluding diaryl/α,β-unsaturated/α-hetero) is 1. The molecule has 1 aliphatic carbocycles. The highest BCUT2D eigenvalue weighted by Crippen LogP contribution is 2.33. The molecule has 5 nitrogen and oxygen atoms in total. The Morgan fingerprint density at radius 2 is 1.77 bits per heavy atom. The quantitative estimate of drug-likeness (QED) is 0.688. The van der Waals surface area contributed by atoms with Crippen LogP contribution in [0, 0.1) is 0 Å². The lowest BCUT2D eigenvalue weighted by Gasteiger charge is -2.30. The minimum Gasteiger partial charge on any atom is -0.323 e. The van der Waals surface area contributed by atoms with Crippen molar-refractivity contribution in [2.45, 2.75) is 37.6 Å². The van der Waals surface area contributed by atoms with Gasteiger partial charge in [0.05, 0.1) is 6.54 Å². The topological polar surface area (TPSA) is 66.5 Å². The van der Waals surface area contributed by atoms with E-state index in [1.165, 1.54) is 0 Å². The SMILES string of the molecule is O=C(CN1C(=O)NC2(CCCCC2)C1=O)c1ccc(Cl)cc1. The van der Waals surface area contributed by atoms with Gasteiger partial charge in [-0.05, 0) is 37.1 Å². The molecular formula is C16H17ClN2O3. The molecule has 2 fully saturated rings. The standard InChI is InChI=1S/C16H17ClN2O3/c17-12-6-4-11(5-7-12)13(20)10-19-14(21)16(18-15(19)22)8-2-1-3-9-16/h4-7H,1-3,8-10H2,(H,18,22). The summed E-state index contributed by atoms with van der Waals surface area (Å²) in [5.41, 5.74) is -0.343. The number of nitrogens with one attached hydrogen (secondary N) is 1. The average Bonchev–Trinajstić information content (AvgIpc) is 2.73. The number of imide groups is 1. The Hall–Kier alpha value is -1.88. The first-order chi connectivity index (χ1) is 10.5. The van der Waals surface area contributed by atoms with Gasteiger partial charge in [-0.1, -0.05) is 30.9 Å². The van der Waals surface area contributed by atoms with Crippen LogP contribution in [0.3, 0.4) is 0 Å². The molecule has 3 amide bonds. The van der Waals surface area contributed by atoms with Gasteiger partial charge >= 0.3 is 6.03 Å². The summed E-state index contributed by atoms with van der Waals surface area (Å²) in [4.78, 5) is 38.0. The third-order valence-electron chi connectivity index (χ3n) is 4.42. The van der Waals surface area contributed by atoms with Gasteiger partial charge in [-0.25, -0.2) is 4.79 Å². The van der Waals surface area contributed by atoms with Crippen molar-refractivity contribution in [1.82, 2.24) is 10.2 Å². The number of nitrogens with zero attached hydrogens (tertiary/aromatic N) is 1. The second-order valence-corrected chi connectivity index (χ2v) is 6.33. The van der Waals surface area contributed by atoms with E-state index < -0.39 is 11.6 Å². The van der Waals surface area contributed by atoms with Gasteiger partial charge in [0, 0.05) is 10.6 Å². The molecular weight excluding hydrogens is 304 g/mol. The van der Waals surface area contributed by atoms with E-state index in [4.69, 9.17) is 11.6 Å². The van der Waals surface area contributed by atoms with Gasteiger partial charge in [-0.3, -0.25) is 14.5 Å². The maximum atomic E-state index is 12.6. The number of carbonyl (C=O) groups is 3. The largest absolute Gasteiger partial charge is 0.325 e. The number of rotatable bonds is 3. The zero-order valence-corrected chi connectivity index (χ0v) is 12.9. The van der Waals surface area contributed by atoms with E-state index in [0.29, 0.717) is 23.4 Å². The van der Waals surface area contributed by atoms with Crippen molar-refractivity contribution in [1.29, 1.82) is 0 Å². The highest BCUT2D eigenvalue weighted by atomic mass is 35.5. The van der Waals surface area contributed by atoms with Crippen molar-refractivity contribution >= 4 is 29.3 Å².